The summed E-state index contributed by atoms with van der Waals surface area (Å²) >= 11 is 0. The SMILES string of the molecule is CNC(=O)c1ccc(-c2ccc(S(=N)(=O)C3CCC(Nc4ccc(S(F)(F)(F)(F)F)cc4)CC3)cc2)cn1. The molecule has 1 amide bonds. The van der Waals surface area contributed by atoms with Gasteiger partial charge in [0.1, 0.15) is 10.6 Å². The molecule has 0 bridgehead atoms. The molecule has 0 radical (unpaired) electrons. The van der Waals surface area contributed by atoms with Gasteiger partial charge < -0.3 is 10.6 Å². The third-order valence-electron chi connectivity index (χ3n) is 6.58. The van der Waals surface area contributed by atoms with Crippen molar-refractivity contribution in [2.75, 3.05) is 12.4 Å². The number of nitrogens with zero attached hydrogens (tertiary/aromatic N) is 1. The molecule has 1 unspecified atom stereocenters. The van der Waals surface area contributed by atoms with Crippen molar-refractivity contribution in [3.05, 3.63) is 72.6 Å². The van der Waals surface area contributed by atoms with Gasteiger partial charge in [0.15, 0.2) is 0 Å². The van der Waals surface area contributed by atoms with Crippen LogP contribution in [-0.4, -0.2) is 33.4 Å². The molecule has 1 saturated carbocycles. The van der Waals surface area contributed by atoms with E-state index in [9.17, 15) is 28.4 Å². The lowest BCUT2D eigenvalue weighted by Crippen LogP contribution is -2.32. The first-order valence-electron chi connectivity index (χ1n) is 11.7. The van der Waals surface area contributed by atoms with E-state index >= 15 is 0 Å². The summed E-state index contributed by atoms with van der Waals surface area (Å²) in [5.74, 6) is -0.296. The molecule has 1 aromatic heterocycles. The Balaban J connectivity index is 1.37. The number of amides is 1. The first-order chi connectivity index (χ1) is 17.6. The summed E-state index contributed by atoms with van der Waals surface area (Å²) in [4.78, 5) is 14.3. The Kier molecular flexibility index (Phi) is 6.76. The van der Waals surface area contributed by atoms with E-state index in [1.165, 1.54) is 7.05 Å². The van der Waals surface area contributed by atoms with E-state index in [0.717, 1.165) is 23.3 Å². The highest BCUT2D eigenvalue weighted by Crippen LogP contribution is 3.02. The molecule has 1 aliphatic carbocycles. The Morgan fingerprint density at radius 3 is 1.97 bits per heavy atom. The zero-order valence-electron chi connectivity index (χ0n) is 20.3. The summed E-state index contributed by atoms with van der Waals surface area (Å²) in [6.07, 6.45) is 3.57. The average molecular weight is 575 g/mol. The van der Waals surface area contributed by atoms with Gasteiger partial charge in [-0.3, -0.25) is 9.78 Å². The molecule has 0 saturated heterocycles. The molecular weight excluding hydrogens is 547 g/mol. The third-order valence-corrected chi connectivity index (χ3v) is 10.1. The number of anilines is 1. The van der Waals surface area contributed by atoms with Crippen LogP contribution in [0.3, 0.4) is 0 Å². The Labute approximate surface area is 217 Å². The molecule has 1 atom stereocenters. The summed E-state index contributed by atoms with van der Waals surface area (Å²) in [7, 11) is -11.3. The molecule has 13 heteroatoms. The number of nitrogens with one attached hydrogen (secondary N) is 3. The van der Waals surface area contributed by atoms with Crippen LogP contribution in [0.2, 0.25) is 0 Å². The monoisotopic (exact) mass is 574 g/mol. The lowest BCUT2D eigenvalue weighted by Gasteiger charge is -2.40. The number of pyridine rings is 1. The Hall–Kier alpha value is -3.19. The van der Waals surface area contributed by atoms with Crippen LogP contribution in [0.1, 0.15) is 36.2 Å². The largest absolute Gasteiger partial charge is 0.382 e. The number of rotatable bonds is 7. The van der Waals surface area contributed by atoms with Gasteiger partial charge in [-0.1, -0.05) is 37.6 Å². The summed E-state index contributed by atoms with van der Waals surface area (Å²) in [6, 6.07) is 12.7. The van der Waals surface area contributed by atoms with E-state index < -0.39 is 30.1 Å². The van der Waals surface area contributed by atoms with Crippen molar-refractivity contribution < 1.29 is 28.4 Å². The molecule has 1 fully saturated rings. The predicted octanol–water partition coefficient (Wildman–Crippen LogP) is 7.59. The fourth-order valence-electron chi connectivity index (χ4n) is 4.45. The van der Waals surface area contributed by atoms with Crippen molar-refractivity contribution in [3.8, 4) is 11.1 Å². The van der Waals surface area contributed by atoms with Gasteiger partial charge in [-0.2, -0.15) is 0 Å². The van der Waals surface area contributed by atoms with Gasteiger partial charge in [0.05, 0.1) is 9.73 Å². The van der Waals surface area contributed by atoms with Crippen molar-refractivity contribution in [3.63, 3.8) is 0 Å². The molecular formula is C25H27F5N4O2S2. The van der Waals surface area contributed by atoms with Gasteiger partial charge in [0, 0.05) is 40.7 Å². The van der Waals surface area contributed by atoms with Crippen LogP contribution < -0.4 is 10.6 Å². The van der Waals surface area contributed by atoms with Crippen molar-refractivity contribution >= 4 is 31.5 Å². The molecule has 3 N–H and O–H groups in total. The molecule has 0 aliphatic heterocycles. The van der Waals surface area contributed by atoms with E-state index in [0.29, 0.717) is 48.4 Å². The van der Waals surface area contributed by atoms with E-state index in [-0.39, 0.29) is 17.6 Å². The maximum atomic E-state index is 13.4. The van der Waals surface area contributed by atoms with Gasteiger partial charge in [-0.15, -0.1) is 0 Å². The first kappa shape index (κ1) is 27.8. The fraction of sp³-hybridized carbons (Fsp3) is 0.280. The van der Waals surface area contributed by atoms with Crippen LogP contribution in [-0.2, 0) is 9.73 Å². The molecule has 1 heterocycles. The minimum Gasteiger partial charge on any atom is -0.382 e. The van der Waals surface area contributed by atoms with Gasteiger partial charge >= 0.3 is 10.2 Å². The van der Waals surface area contributed by atoms with Gasteiger partial charge in [-0.25, -0.2) is 8.99 Å². The van der Waals surface area contributed by atoms with Gasteiger partial charge in [0.2, 0.25) is 0 Å². The molecule has 0 spiro atoms. The molecule has 206 valence electrons. The second kappa shape index (κ2) is 9.23. The Morgan fingerprint density at radius 1 is 0.895 bits per heavy atom. The van der Waals surface area contributed by atoms with Crippen LogP contribution in [0.15, 0.2) is 76.7 Å². The van der Waals surface area contributed by atoms with Crippen molar-refractivity contribution in [2.24, 2.45) is 0 Å². The zero-order chi connectivity index (χ0) is 27.8. The number of carbonyl (C=O) groups is 1. The van der Waals surface area contributed by atoms with Crippen molar-refractivity contribution in [1.82, 2.24) is 10.3 Å². The lowest BCUT2D eigenvalue weighted by molar-refractivity contribution is 0.0958. The highest BCUT2D eigenvalue weighted by molar-refractivity contribution is 8.45. The maximum Gasteiger partial charge on any atom is 0.310 e. The van der Waals surface area contributed by atoms with E-state index in [2.05, 4.69) is 15.6 Å². The first-order valence-corrected chi connectivity index (χ1v) is 15.3. The van der Waals surface area contributed by atoms with Gasteiger partial charge in [0.25, 0.3) is 5.91 Å². The number of carbonyl (C=O) groups excluding carboxylic acids is 1. The molecule has 6 nitrogen and oxygen atoms in total. The standard InChI is InChI=1S/C25H27F5N4O2S2/c1-32-25(35)24-15-4-18(16-33-24)17-2-9-21(10-3-17)37(31,36)22-11-5-19(6-12-22)34-20-7-13-23(14-8-20)38(26,27,28,29)30/h2-4,7-10,13-16,19,22,31,34H,5-6,11-12H2,1H3,(H,32,35). The highest BCUT2D eigenvalue weighted by atomic mass is 32.5. The second-order valence-electron chi connectivity index (χ2n) is 9.25. The number of halogens is 5. The number of benzene rings is 2. The smallest absolute Gasteiger partial charge is 0.310 e. The van der Waals surface area contributed by atoms with Crippen LogP contribution in [0.25, 0.3) is 11.1 Å². The zero-order valence-corrected chi connectivity index (χ0v) is 21.9. The fourth-order valence-corrected chi connectivity index (χ4v) is 6.96. The topological polar surface area (TPSA) is 94.9 Å². The molecule has 4 rings (SSSR count). The molecule has 2 aromatic carbocycles. The number of hydrogen-bond acceptors (Lipinski definition) is 5. The normalized spacial score (nSPS) is 21.4. The van der Waals surface area contributed by atoms with Crippen LogP contribution in [0.5, 0.6) is 0 Å². The summed E-state index contributed by atoms with van der Waals surface area (Å²) in [5, 5.41) is 5.16. The highest BCUT2D eigenvalue weighted by Gasteiger charge is 2.65. The summed E-state index contributed by atoms with van der Waals surface area (Å²) < 4.78 is 86.6. The van der Waals surface area contributed by atoms with E-state index in [1.54, 1.807) is 42.6 Å². The van der Waals surface area contributed by atoms with Crippen LogP contribution in [0.4, 0.5) is 25.1 Å². The van der Waals surface area contributed by atoms with E-state index in [4.69, 9.17) is 4.78 Å². The summed E-state index contributed by atoms with van der Waals surface area (Å²) in [6.45, 7) is 0. The Bertz CT molecular complexity index is 1420. The predicted molar refractivity (Wildman–Crippen MR) is 140 cm³/mol. The quantitative estimate of drug-likeness (QED) is 0.253. The average Bonchev–Trinajstić information content (AvgIpc) is 2.88. The number of aromatic nitrogens is 1. The maximum absolute atomic E-state index is 13.4. The van der Waals surface area contributed by atoms with Crippen LogP contribution in [0, 0.1) is 4.78 Å². The molecule has 3 aromatic rings. The molecule has 38 heavy (non-hydrogen) atoms. The van der Waals surface area contributed by atoms with Crippen molar-refractivity contribution in [2.45, 2.75) is 46.8 Å². The van der Waals surface area contributed by atoms with E-state index in [1.807, 2.05) is 0 Å². The lowest BCUT2D eigenvalue weighted by atomic mass is 9.95. The van der Waals surface area contributed by atoms with Gasteiger partial charge in [-0.05, 0) is 73.7 Å². The second-order valence-corrected chi connectivity index (χ2v) is 14.0. The minimum atomic E-state index is -9.71. The Morgan fingerprint density at radius 2 is 1.47 bits per heavy atom. The minimum absolute atomic E-state index is 0.139. The van der Waals surface area contributed by atoms with Crippen LogP contribution >= 0.6 is 10.2 Å². The summed E-state index contributed by atoms with van der Waals surface area (Å²) in [5.41, 5.74) is 2.14. The van der Waals surface area contributed by atoms with Crippen molar-refractivity contribution in [1.29, 1.82) is 4.78 Å². The third kappa shape index (κ3) is 6.26. The number of hydrogen-bond donors (Lipinski definition) is 3. The molecule has 1 aliphatic rings.